The Labute approximate surface area is 88.1 Å². The van der Waals surface area contributed by atoms with E-state index in [9.17, 15) is 0 Å². The molecule has 1 saturated carbocycles. The van der Waals surface area contributed by atoms with Crippen molar-refractivity contribution in [1.82, 2.24) is 10.2 Å². The van der Waals surface area contributed by atoms with E-state index >= 15 is 0 Å². The summed E-state index contributed by atoms with van der Waals surface area (Å²) >= 11 is 0. The molecule has 2 rings (SSSR count). The molecular weight excluding hydrogens is 172 g/mol. The van der Waals surface area contributed by atoms with Crippen molar-refractivity contribution in [3.63, 3.8) is 0 Å². The van der Waals surface area contributed by atoms with Gasteiger partial charge in [-0.3, -0.25) is 0 Å². The second-order valence-electron chi connectivity index (χ2n) is 5.22. The van der Waals surface area contributed by atoms with Gasteiger partial charge in [0.05, 0.1) is 0 Å². The highest BCUT2D eigenvalue weighted by Gasteiger charge is 2.27. The zero-order valence-corrected chi connectivity index (χ0v) is 9.63. The van der Waals surface area contributed by atoms with Crippen LogP contribution in [-0.4, -0.2) is 36.6 Å². The summed E-state index contributed by atoms with van der Waals surface area (Å²) in [5, 5.41) is 3.84. The Morgan fingerprint density at radius 2 is 1.79 bits per heavy atom. The molecule has 0 amide bonds. The standard InChI is InChI=1S/C12H24N2/c1-10-8-12(9-14(10)2)13-11-6-4-3-5-7-11/h10-13H,3-9H2,1-2H3. The summed E-state index contributed by atoms with van der Waals surface area (Å²) in [7, 11) is 2.24. The van der Waals surface area contributed by atoms with Gasteiger partial charge in [-0.15, -0.1) is 0 Å². The molecule has 82 valence electrons. The molecule has 2 atom stereocenters. The van der Waals surface area contributed by atoms with Crippen LogP contribution in [0, 0.1) is 0 Å². The van der Waals surface area contributed by atoms with Gasteiger partial charge in [-0.1, -0.05) is 19.3 Å². The molecule has 0 aromatic heterocycles. The Morgan fingerprint density at radius 3 is 2.36 bits per heavy atom. The molecule has 0 radical (unpaired) electrons. The Bertz CT molecular complexity index is 165. The predicted octanol–water partition coefficient (Wildman–Crippen LogP) is 2.00. The van der Waals surface area contributed by atoms with E-state index in [0.29, 0.717) is 0 Å². The van der Waals surface area contributed by atoms with Crippen molar-refractivity contribution < 1.29 is 0 Å². The van der Waals surface area contributed by atoms with Gasteiger partial charge < -0.3 is 10.2 Å². The Hall–Kier alpha value is -0.0800. The van der Waals surface area contributed by atoms with E-state index in [-0.39, 0.29) is 0 Å². The first kappa shape index (κ1) is 10.4. The number of rotatable bonds is 2. The lowest BCUT2D eigenvalue weighted by Crippen LogP contribution is -2.40. The molecule has 0 aromatic carbocycles. The summed E-state index contributed by atoms with van der Waals surface area (Å²) < 4.78 is 0. The molecule has 2 unspecified atom stereocenters. The van der Waals surface area contributed by atoms with Gasteiger partial charge >= 0.3 is 0 Å². The fourth-order valence-corrected chi connectivity index (χ4v) is 2.92. The minimum Gasteiger partial charge on any atom is -0.310 e. The van der Waals surface area contributed by atoms with Crippen LogP contribution < -0.4 is 5.32 Å². The van der Waals surface area contributed by atoms with Gasteiger partial charge in [-0.05, 0) is 33.2 Å². The molecule has 0 bridgehead atoms. The first-order valence-electron chi connectivity index (χ1n) is 6.22. The molecule has 14 heavy (non-hydrogen) atoms. The molecule has 1 N–H and O–H groups in total. The highest BCUT2D eigenvalue weighted by atomic mass is 15.2. The van der Waals surface area contributed by atoms with Crippen LogP contribution >= 0.6 is 0 Å². The largest absolute Gasteiger partial charge is 0.310 e. The maximum Gasteiger partial charge on any atom is 0.0212 e. The molecular formula is C12H24N2. The second kappa shape index (κ2) is 4.63. The van der Waals surface area contributed by atoms with Crippen LogP contribution in [0.1, 0.15) is 45.4 Å². The van der Waals surface area contributed by atoms with E-state index in [0.717, 1.165) is 18.1 Å². The van der Waals surface area contributed by atoms with Gasteiger partial charge in [0.2, 0.25) is 0 Å². The monoisotopic (exact) mass is 196 g/mol. The van der Waals surface area contributed by atoms with E-state index in [1.807, 2.05) is 0 Å². The zero-order valence-electron chi connectivity index (χ0n) is 9.63. The SMILES string of the molecule is CC1CC(NC2CCCCC2)CN1C. The number of nitrogens with zero attached hydrogens (tertiary/aromatic N) is 1. The number of hydrogen-bond acceptors (Lipinski definition) is 2. The molecule has 0 spiro atoms. The topological polar surface area (TPSA) is 15.3 Å². The molecule has 0 aromatic rings. The van der Waals surface area contributed by atoms with Gasteiger partial charge in [-0.2, -0.15) is 0 Å². The molecule has 1 aliphatic carbocycles. The van der Waals surface area contributed by atoms with E-state index in [2.05, 4.69) is 24.2 Å². The van der Waals surface area contributed by atoms with Crippen molar-refractivity contribution in [2.24, 2.45) is 0 Å². The number of likely N-dealkylation sites (tertiary alicyclic amines) is 1. The first-order chi connectivity index (χ1) is 6.75. The van der Waals surface area contributed by atoms with Crippen molar-refractivity contribution in [1.29, 1.82) is 0 Å². The van der Waals surface area contributed by atoms with Crippen LogP contribution in [0.2, 0.25) is 0 Å². The van der Waals surface area contributed by atoms with Crippen LogP contribution in [0.25, 0.3) is 0 Å². The van der Waals surface area contributed by atoms with Gasteiger partial charge in [0, 0.05) is 24.7 Å². The van der Waals surface area contributed by atoms with Crippen LogP contribution in [0.15, 0.2) is 0 Å². The zero-order chi connectivity index (χ0) is 9.97. The smallest absolute Gasteiger partial charge is 0.0212 e. The van der Waals surface area contributed by atoms with Crippen LogP contribution in [-0.2, 0) is 0 Å². The molecule has 2 fully saturated rings. The summed E-state index contributed by atoms with van der Waals surface area (Å²) in [6.45, 7) is 3.58. The number of nitrogens with one attached hydrogen (secondary N) is 1. The van der Waals surface area contributed by atoms with Gasteiger partial charge in [0.25, 0.3) is 0 Å². The quantitative estimate of drug-likeness (QED) is 0.726. The highest BCUT2D eigenvalue weighted by Crippen LogP contribution is 2.21. The third-order valence-corrected chi connectivity index (χ3v) is 3.96. The first-order valence-corrected chi connectivity index (χ1v) is 6.22. The normalized spacial score (nSPS) is 36.4. The summed E-state index contributed by atoms with van der Waals surface area (Å²) in [6.07, 6.45) is 8.50. The fourth-order valence-electron chi connectivity index (χ4n) is 2.92. The Balaban J connectivity index is 1.74. The maximum atomic E-state index is 3.84. The van der Waals surface area contributed by atoms with Crippen LogP contribution in [0.3, 0.4) is 0 Å². The lowest BCUT2D eigenvalue weighted by molar-refractivity contribution is 0.313. The van der Waals surface area contributed by atoms with Crippen molar-refractivity contribution in [2.45, 2.75) is 63.6 Å². The minimum atomic E-state index is 0.762. The van der Waals surface area contributed by atoms with Crippen molar-refractivity contribution >= 4 is 0 Å². The average Bonchev–Trinajstić information content (AvgIpc) is 2.47. The van der Waals surface area contributed by atoms with Crippen LogP contribution in [0.5, 0.6) is 0 Å². The fraction of sp³-hybridized carbons (Fsp3) is 1.00. The lowest BCUT2D eigenvalue weighted by Gasteiger charge is -2.26. The predicted molar refractivity (Wildman–Crippen MR) is 60.5 cm³/mol. The summed E-state index contributed by atoms with van der Waals surface area (Å²) in [4.78, 5) is 2.47. The molecule has 2 heteroatoms. The van der Waals surface area contributed by atoms with E-state index in [1.54, 1.807) is 0 Å². The Morgan fingerprint density at radius 1 is 1.07 bits per heavy atom. The number of likely N-dealkylation sites (N-methyl/N-ethyl adjacent to an activating group) is 1. The summed E-state index contributed by atoms with van der Waals surface area (Å²) in [5.74, 6) is 0. The molecule has 1 heterocycles. The van der Waals surface area contributed by atoms with Gasteiger partial charge in [-0.25, -0.2) is 0 Å². The van der Waals surface area contributed by atoms with Crippen molar-refractivity contribution in [3.8, 4) is 0 Å². The molecule has 1 saturated heterocycles. The van der Waals surface area contributed by atoms with E-state index < -0.39 is 0 Å². The van der Waals surface area contributed by atoms with Crippen molar-refractivity contribution in [3.05, 3.63) is 0 Å². The highest BCUT2D eigenvalue weighted by molar-refractivity contribution is 4.87. The van der Waals surface area contributed by atoms with E-state index in [1.165, 1.54) is 45.1 Å². The number of hydrogen-bond donors (Lipinski definition) is 1. The summed E-state index contributed by atoms with van der Waals surface area (Å²) in [6, 6.07) is 2.36. The second-order valence-corrected chi connectivity index (χ2v) is 5.22. The van der Waals surface area contributed by atoms with Gasteiger partial charge in [0.1, 0.15) is 0 Å². The third-order valence-electron chi connectivity index (χ3n) is 3.96. The maximum absolute atomic E-state index is 3.84. The average molecular weight is 196 g/mol. The minimum absolute atomic E-state index is 0.762. The third kappa shape index (κ3) is 2.48. The molecule has 2 aliphatic rings. The summed E-state index contributed by atoms with van der Waals surface area (Å²) in [5.41, 5.74) is 0. The van der Waals surface area contributed by atoms with E-state index in [4.69, 9.17) is 0 Å². The van der Waals surface area contributed by atoms with Gasteiger partial charge in [0.15, 0.2) is 0 Å². The Kier molecular flexibility index (Phi) is 3.45. The lowest BCUT2D eigenvalue weighted by atomic mass is 9.94. The van der Waals surface area contributed by atoms with Crippen molar-refractivity contribution in [2.75, 3.05) is 13.6 Å². The molecule has 2 nitrogen and oxygen atoms in total. The van der Waals surface area contributed by atoms with Crippen LogP contribution in [0.4, 0.5) is 0 Å². The molecule has 1 aliphatic heterocycles.